The minimum atomic E-state index is -0.326. The van der Waals surface area contributed by atoms with Gasteiger partial charge in [0.25, 0.3) is 11.5 Å². The number of anilines is 4. The number of aromatic nitrogens is 6. The van der Waals surface area contributed by atoms with Crippen LogP contribution in [0.15, 0.2) is 59.9 Å². The van der Waals surface area contributed by atoms with E-state index in [1.165, 1.54) is 11.9 Å². The monoisotopic (exact) mass is 591 g/mol. The van der Waals surface area contributed by atoms with Crippen molar-refractivity contribution in [3.05, 3.63) is 76.7 Å². The zero-order chi connectivity index (χ0) is 29.9. The summed E-state index contributed by atoms with van der Waals surface area (Å²) in [4.78, 5) is 33.7. The number of para-hydroxylation sites is 1. The highest BCUT2D eigenvalue weighted by atomic mass is 16.5. The SMILES string of the molecule is CN1Cc2c(cnn2C2CCOCC2)-c2cccc(Nc3cc(NC(=O)c4cnn(C)c4)nc4ccn(C5CC5)c(=O)c34)c21. The van der Waals surface area contributed by atoms with Crippen molar-refractivity contribution in [1.82, 2.24) is 29.1 Å². The van der Waals surface area contributed by atoms with Crippen LogP contribution in [0, 0.1) is 0 Å². The number of nitrogens with zero attached hydrogens (tertiary/aromatic N) is 7. The van der Waals surface area contributed by atoms with Crippen molar-refractivity contribution >= 4 is 39.7 Å². The molecular formula is C32H33N9O3. The van der Waals surface area contributed by atoms with Crippen LogP contribution in [-0.2, 0) is 18.3 Å². The maximum Gasteiger partial charge on any atom is 0.262 e. The molecule has 2 fully saturated rings. The topological polar surface area (TPSA) is 124 Å². The van der Waals surface area contributed by atoms with Crippen molar-refractivity contribution in [2.45, 2.75) is 44.3 Å². The molecule has 0 radical (unpaired) electrons. The van der Waals surface area contributed by atoms with Gasteiger partial charge in [-0.25, -0.2) is 4.98 Å². The number of hydrogen-bond donors (Lipinski definition) is 2. The summed E-state index contributed by atoms with van der Waals surface area (Å²) in [6, 6.07) is 10.3. The maximum atomic E-state index is 13.8. The van der Waals surface area contributed by atoms with Gasteiger partial charge < -0.3 is 24.8 Å². The Morgan fingerprint density at radius 1 is 0.977 bits per heavy atom. The quantitative estimate of drug-likeness (QED) is 0.293. The summed E-state index contributed by atoms with van der Waals surface area (Å²) < 4.78 is 11.1. The number of pyridine rings is 2. The van der Waals surface area contributed by atoms with Crippen molar-refractivity contribution < 1.29 is 9.53 Å². The molecule has 0 spiro atoms. The Kier molecular flexibility index (Phi) is 6.26. The second-order valence-electron chi connectivity index (χ2n) is 11.9. The molecule has 1 saturated carbocycles. The molecule has 3 aliphatic rings. The first-order chi connectivity index (χ1) is 21.4. The van der Waals surface area contributed by atoms with Crippen molar-refractivity contribution in [2.24, 2.45) is 7.05 Å². The standard InChI is InChI=1S/C32H33N9O3/c1-38-18-27-23(16-34-41(27)21-9-12-44-13-10-21)22-4-3-5-25(30(22)38)35-26-14-28(37-31(42)19-15-33-39(2)17-19)36-24-8-11-40(20-6-7-20)32(43)29(24)26/h3-5,8,11,14-17,20-21H,6-7,9-10,12-13,18H2,1-2H3,(H2,35,36,37,42). The molecule has 2 aliphatic heterocycles. The van der Waals surface area contributed by atoms with Gasteiger partial charge in [0.1, 0.15) is 5.82 Å². The second kappa shape index (κ2) is 10.3. The lowest BCUT2D eigenvalue weighted by Gasteiger charge is -2.32. The number of rotatable bonds is 6. The summed E-state index contributed by atoms with van der Waals surface area (Å²) in [5.74, 6) is 0.0173. The predicted molar refractivity (Wildman–Crippen MR) is 168 cm³/mol. The Hall–Kier alpha value is -4.97. The van der Waals surface area contributed by atoms with E-state index in [4.69, 9.17) is 9.84 Å². The molecule has 12 nitrogen and oxygen atoms in total. The lowest BCUT2D eigenvalue weighted by Crippen LogP contribution is -2.28. The molecule has 2 N–H and O–H groups in total. The highest BCUT2D eigenvalue weighted by Crippen LogP contribution is 2.45. The molecule has 1 aliphatic carbocycles. The van der Waals surface area contributed by atoms with Crippen molar-refractivity contribution in [3.63, 3.8) is 0 Å². The van der Waals surface area contributed by atoms with Crippen LogP contribution >= 0.6 is 0 Å². The third-order valence-corrected chi connectivity index (χ3v) is 8.84. The van der Waals surface area contributed by atoms with Crippen molar-refractivity contribution in [3.8, 4) is 11.1 Å². The summed E-state index contributed by atoms with van der Waals surface area (Å²) >= 11 is 0. The number of fused-ring (bicyclic) bond motifs is 4. The van der Waals surface area contributed by atoms with Gasteiger partial charge in [-0.1, -0.05) is 12.1 Å². The molecule has 12 heteroatoms. The van der Waals surface area contributed by atoms with E-state index in [2.05, 4.69) is 43.4 Å². The fraction of sp³-hybridized carbons (Fsp3) is 0.344. The molecule has 0 unspecified atom stereocenters. The summed E-state index contributed by atoms with van der Waals surface area (Å²) in [6.07, 6.45) is 10.8. The van der Waals surface area contributed by atoms with Crippen LogP contribution in [0.4, 0.5) is 22.9 Å². The summed E-state index contributed by atoms with van der Waals surface area (Å²) in [5.41, 5.74) is 6.70. The molecule has 1 aromatic carbocycles. The molecule has 1 saturated heterocycles. The van der Waals surface area contributed by atoms with Gasteiger partial charge in [0.15, 0.2) is 0 Å². The third-order valence-electron chi connectivity index (χ3n) is 8.84. The zero-order valence-corrected chi connectivity index (χ0v) is 24.7. The number of carbonyl (C=O) groups is 1. The van der Waals surface area contributed by atoms with Gasteiger partial charge in [-0.15, -0.1) is 0 Å². The van der Waals surface area contributed by atoms with Gasteiger partial charge in [0.05, 0.1) is 64.2 Å². The zero-order valence-electron chi connectivity index (χ0n) is 24.7. The molecule has 1 amide bonds. The van der Waals surface area contributed by atoms with E-state index >= 15 is 0 Å². The van der Waals surface area contributed by atoms with Crippen molar-refractivity contribution in [2.75, 3.05) is 35.8 Å². The van der Waals surface area contributed by atoms with E-state index in [1.54, 1.807) is 28.6 Å². The Bertz CT molecular complexity index is 1980. The predicted octanol–water partition coefficient (Wildman–Crippen LogP) is 4.63. The molecule has 0 atom stereocenters. The van der Waals surface area contributed by atoms with E-state index in [0.717, 1.165) is 61.4 Å². The Morgan fingerprint density at radius 3 is 2.59 bits per heavy atom. The Labute approximate surface area is 253 Å². The Morgan fingerprint density at radius 2 is 1.82 bits per heavy atom. The highest BCUT2D eigenvalue weighted by Gasteiger charge is 2.30. The number of carbonyl (C=O) groups excluding carboxylic acids is 1. The first-order valence-electron chi connectivity index (χ1n) is 15.1. The molecule has 44 heavy (non-hydrogen) atoms. The lowest BCUT2D eigenvalue weighted by atomic mass is 9.97. The van der Waals surface area contributed by atoms with E-state index in [-0.39, 0.29) is 17.5 Å². The fourth-order valence-electron chi connectivity index (χ4n) is 6.52. The largest absolute Gasteiger partial charge is 0.381 e. The van der Waals surface area contributed by atoms with E-state index < -0.39 is 0 Å². The van der Waals surface area contributed by atoms with Crippen LogP contribution in [0.3, 0.4) is 0 Å². The van der Waals surface area contributed by atoms with Crippen LogP contribution in [0.1, 0.15) is 53.8 Å². The first kappa shape index (κ1) is 26.6. The smallest absolute Gasteiger partial charge is 0.262 e. The number of amides is 1. The second-order valence-corrected chi connectivity index (χ2v) is 11.9. The molecule has 8 rings (SSSR count). The number of aryl methyl sites for hydroxylation is 1. The van der Waals surface area contributed by atoms with Gasteiger partial charge in [-0.2, -0.15) is 10.2 Å². The molecule has 224 valence electrons. The first-order valence-corrected chi connectivity index (χ1v) is 15.1. The average molecular weight is 592 g/mol. The highest BCUT2D eigenvalue weighted by molar-refractivity contribution is 6.05. The van der Waals surface area contributed by atoms with Gasteiger partial charge in [-0.05, 0) is 37.8 Å². The summed E-state index contributed by atoms with van der Waals surface area (Å²) in [6.45, 7) is 2.22. The average Bonchev–Trinajstić information content (AvgIpc) is 3.62. The van der Waals surface area contributed by atoms with Crippen LogP contribution in [0.2, 0.25) is 0 Å². The summed E-state index contributed by atoms with van der Waals surface area (Å²) in [5, 5.41) is 15.9. The van der Waals surface area contributed by atoms with E-state index in [9.17, 15) is 9.59 Å². The number of benzene rings is 1. The Balaban J connectivity index is 1.21. The van der Waals surface area contributed by atoms with Gasteiger partial charge in [-0.3, -0.25) is 19.0 Å². The molecule has 6 heterocycles. The minimum absolute atomic E-state index is 0.0942. The summed E-state index contributed by atoms with van der Waals surface area (Å²) in [7, 11) is 3.84. The molecule has 4 aromatic heterocycles. The maximum absolute atomic E-state index is 13.8. The fourth-order valence-corrected chi connectivity index (χ4v) is 6.52. The van der Waals surface area contributed by atoms with Crippen LogP contribution in [0.5, 0.6) is 0 Å². The van der Waals surface area contributed by atoms with Crippen LogP contribution in [-0.4, -0.2) is 55.3 Å². The molecule has 0 bridgehead atoms. The van der Waals surface area contributed by atoms with Gasteiger partial charge in [0.2, 0.25) is 0 Å². The molecule has 5 aromatic rings. The number of ether oxygens (including phenoxy) is 1. The lowest BCUT2D eigenvalue weighted by molar-refractivity contribution is 0.0654. The number of hydrogen-bond acceptors (Lipinski definition) is 8. The van der Waals surface area contributed by atoms with E-state index in [0.29, 0.717) is 40.6 Å². The van der Waals surface area contributed by atoms with Crippen LogP contribution < -0.4 is 21.1 Å². The van der Waals surface area contributed by atoms with Gasteiger partial charge >= 0.3 is 0 Å². The van der Waals surface area contributed by atoms with E-state index in [1.807, 2.05) is 30.6 Å². The third kappa shape index (κ3) is 4.53. The minimum Gasteiger partial charge on any atom is -0.381 e. The van der Waals surface area contributed by atoms with Crippen molar-refractivity contribution in [1.29, 1.82) is 0 Å². The normalized spacial score (nSPS) is 16.5. The van der Waals surface area contributed by atoms with Gasteiger partial charge in [0, 0.05) is 62.9 Å². The molecular weight excluding hydrogens is 558 g/mol. The van der Waals surface area contributed by atoms with Crippen LogP contribution in [0.25, 0.3) is 22.0 Å². The number of nitrogens with one attached hydrogen (secondary N) is 2.